The van der Waals surface area contributed by atoms with E-state index < -0.39 is 0 Å². The fraction of sp³-hybridized carbons (Fsp3) is 0.0833. The van der Waals surface area contributed by atoms with Gasteiger partial charge in [0, 0.05) is 5.56 Å². The van der Waals surface area contributed by atoms with Crippen LogP contribution in [0.2, 0.25) is 0 Å². The molecule has 2 N–H and O–H groups in total. The Labute approximate surface area is 102 Å². The third-order valence-electron chi connectivity index (χ3n) is 2.09. The third kappa shape index (κ3) is 2.33. The van der Waals surface area contributed by atoms with Crippen LogP contribution in [0.15, 0.2) is 41.0 Å². The van der Waals surface area contributed by atoms with Crippen molar-refractivity contribution >= 4 is 21.6 Å². The summed E-state index contributed by atoms with van der Waals surface area (Å²) in [5, 5.41) is 0. The monoisotopic (exact) mass is 278 g/mol. The standard InChI is InChI=1S/C12H11BrN2O/c1-8-6-9(14)7-15-12(8)16-11-5-3-2-4-10(11)13/h2-7H,14H2,1H3. The Balaban J connectivity index is 2.31. The number of hydrogen-bond acceptors (Lipinski definition) is 3. The second-order valence-electron chi connectivity index (χ2n) is 3.42. The maximum absolute atomic E-state index is 5.68. The van der Waals surface area contributed by atoms with Crippen LogP contribution in [0.5, 0.6) is 11.6 Å². The molecule has 0 aliphatic rings. The van der Waals surface area contributed by atoms with Crippen molar-refractivity contribution in [2.45, 2.75) is 6.92 Å². The zero-order valence-electron chi connectivity index (χ0n) is 8.77. The van der Waals surface area contributed by atoms with Crippen molar-refractivity contribution in [2.24, 2.45) is 0 Å². The number of hydrogen-bond donors (Lipinski definition) is 1. The lowest BCUT2D eigenvalue weighted by molar-refractivity contribution is 0.456. The quantitative estimate of drug-likeness (QED) is 0.914. The van der Waals surface area contributed by atoms with Crippen molar-refractivity contribution in [3.63, 3.8) is 0 Å². The minimum atomic E-state index is 0.570. The van der Waals surface area contributed by atoms with Gasteiger partial charge in [-0.25, -0.2) is 4.98 Å². The summed E-state index contributed by atoms with van der Waals surface area (Å²) >= 11 is 3.42. The number of nitrogens with two attached hydrogens (primary N) is 1. The van der Waals surface area contributed by atoms with E-state index in [2.05, 4.69) is 20.9 Å². The highest BCUT2D eigenvalue weighted by Gasteiger charge is 2.05. The molecule has 0 unspecified atom stereocenters. The number of halogens is 1. The number of para-hydroxylation sites is 1. The highest BCUT2D eigenvalue weighted by atomic mass is 79.9. The van der Waals surface area contributed by atoms with Gasteiger partial charge in [0.1, 0.15) is 5.75 Å². The molecular weight excluding hydrogens is 268 g/mol. The average Bonchev–Trinajstić information content (AvgIpc) is 2.25. The Bertz CT molecular complexity index is 514. The van der Waals surface area contributed by atoms with Gasteiger partial charge in [0.15, 0.2) is 0 Å². The molecule has 1 aromatic heterocycles. The molecule has 2 aromatic rings. The van der Waals surface area contributed by atoms with Crippen LogP contribution in [0, 0.1) is 6.92 Å². The van der Waals surface area contributed by atoms with E-state index >= 15 is 0 Å². The maximum atomic E-state index is 5.68. The van der Waals surface area contributed by atoms with Gasteiger partial charge in [-0.2, -0.15) is 0 Å². The number of nitrogens with zero attached hydrogens (tertiary/aromatic N) is 1. The molecule has 1 heterocycles. The first kappa shape index (κ1) is 11.0. The van der Waals surface area contributed by atoms with Gasteiger partial charge in [0.05, 0.1) is 16.4 Å². The van der Waals surface area contributed by atoms with E-state index in [1.807, 2.05) is 37.3 Å². The first-order valence-electron chi connectivity index (χ1n) is 4.81. The van der Waals surface area contributed by atoms with Gasteiger partial charge in [-0.1, -0.05) is 12.1 Å². The van der Waals surface area contributed by atoms with E-state index in [-0.39, 0.29) is 0 Å². The number of nitrogen functional groups attached to an aromatic ring is 1. The largest absolute Gasteiger partial charge is 0.438 e. The van der Waals surface area contributed by atoms with Crippen LogP contribution in [-0.2, 0) is 0 Å². The Hall–Kier alpha value is -1.55. The summed E-state index contributed by atoms with van der Waals surface area (Å²) in [6, 6.07) is 9.47. The Kier molecular flexibility index (Phi) is 3.10. The molecule has 0 aliphatic heterocycles. The molecule has 0 atom stereocenters. The maximum Gasteiger partial charge on any atom is 0.222 e. The summed E-state index contributed by atoms with van der Waals surface area (Å²) in [7, 11) is 0. The molecule has 16 heavy (non-hydrogen) atoms. The molecule has 0 radical (unpaired) electrons. The number of pyridine rings is 1. The van der Waals surface area contributed by atoms with Crippen molar-refractivity contribution in [3.8, 4) is 11.6 Å². The molecule has 0 saturated heterocycles. The fourth-order valence-corrected chi connectivity index (χ4v) is 1.69. The van der Waals surface area contributed by atoms with E-state index in [1.165, 1.54) is 0 Å². The van der Waals surface area contributed by atoms with Crippen LogP contribution in [0.3, 0.4) is 0 Å². The molecule has 1 aromatic carbocycles. The lowest BCUT2D eigenvalue weighted by atomic mass is 10.3. The van der Waals surface area contributed by atoms with E-state index in [4.69, 9.17) is 10.5 Å². The third-order valence-corrected chi connectivity index (χ3v) is 2.75. The molecular formula is C12H11BrN2O. The van der Waals surface area contributed by atoms with Gasteiger partial charge >= 0.3 is 0 Å². The molecule has 2 rings (SSSR count). The smallest absolute Gasteiger partial charge is 0.222 e. The SMILES string of the molecule is Cc1cc(N)cnc1Oc1ccccc1Br. The second kappa shape index (κ2) is 4.53. The molecule has 0 bridgehead atoms. The molecule has 82 valence electrons. The van der Waals surface area contributed by atoms with Crippen molar-refractivity contribution < 1.29 is 4.74 Å². The lowest BCUT2D eigenvalue weighted by Gasteiger charge is -2.09. The summed E-state index contributed by atoms with van der Waals surface area (Å²) < 4.78 is 6.58. The minimum absolute atomic E-state index is 0.570. The Morgan fingerprint density at radius 2 is 2.06 bits per heavy atom. The molecule has 0 amide bonds. The minimum Gasteiger partial charge on any atom is -0.438 e. The molecule has 0 fully saturated rings. The van der Waals surface area contributed by atoms with E-state index in [1.54, 1.807) is 6.20 Å². The number of aryl methyl sites for hydroxylation is 1. The van der Waals surface area contributed by atoms with Crippen LogP contribution in [-0.4, -0.2) is 4.98 Å². The molecule has 0 spiro atoms. The zero-order valence-corrected chi connectivity index (χ0v) is 10.4. The topological polar surface area (TPSA) is 48.1 Å². The number of aromatic nitrogens is 1. The van der Waals surface area contributed by atoms with Crippen molar-refractivity contribution in [1.29, 1.82) is 0 Å². The van der Waals surface area contributed by atoms with Crippen molar-refractivity contribution in [1.82, 2.24) is 4.98 Å². The van der Waals surface area contributed by atoms with Crippen LogP contribution in [0.4, 0.5) is 5.69 Å². The predicted octanol–water partition coefficient (Wildman–Crippen LogP) is 3.53. The molecule has 0 aliphatic carbocycles. The number of rotatable bonds is 2. The van der Waals surface area contributed by atoms with E-state index in [0.29, 0.717) is 11.6 Å². The summed E-state index contributed by atoms with van der Waals surface area (Å²) in [6.45, 7) is 1.91. The predicted molar refractivity (Wildman–Crippen MR) is 67.6 cm³/mol. The van der Waals surface area contributed by atoms with E-state index in [9.17, 15) is 0 Å². The first-order valence-corrected chi connectivity index (χ1v) is 5.60. The van der Waals surface area contributed by atoms with Crippen molar-refractivity contribution in [2.75, 3.05) is 5.73 Å². The highest BCUT2D eigenvalue weighted by Crippen LogP contribution is 2.29. The summed E-state index contributed by atoms with van der Waals surface area (Å²) in [6.07, 6.45) is 1.58. The van der Waals surface area contributed by atoms with Gasteiger partial charge in [-0.15, -0.1) is 0 Å². The van der Waals surface area contributed by atoms with Gasteiger partial charge in [-0.3, -0.25) is 0 Å². The van der Waals surface area contributed by atoms with Gasteiger partial charge in [0.2, 0.25) is 5.88 Å². The van der Waals surface area contributed by atoms with Crippen LogP contribution in [0.1, 0.15) is 5.56 Å². The number of anilines is 1. The normalized spacial score (nSPS) is 10.1. The van der Waals surface area contributed by atoms with Crippen molar-refractivity contribution in [3.05, 3.63) is 46.6 Å². The zero-order chi connectivity index (χ0) is 11.5. The average molecular weight is 279 g/mol. The molecule has 4 heteroatoms. The fourth-order valence-electron chi connectivity index (χ4n) is 1.32. The van der Waals surface area contributed by atoms with Gasteiger partial charge < -0.3 is 10.5 Å². The van der Waals surface area contributed by atoms with Crippen LogP contribution in [0.25, 0.3) is 0 Å². The van der Waals surface area contributed by atoms with Crippen LogP contribution >= 0.6 is 15.9 Å². The summed E-state index contributed by atoms with van der Waals surface area (Å²) in [5.41, 5.74) is 7.17. The number of benzene rings is 1. The Morgan fingerprint density at radius 1 is 1.31 bits per heavy atom. The van der Waals surface area contributed by atoms with E-state index in [0.717, 1.165) is 15.8 Å². The second-order valence-corrected chi connectivity index (χ2v) is 4.28. The van der Waals surface area contributed by atoms with Gasteiger partial charge in [-0.05, 0) is 41.1 Å². The Morgan fingerprint density at radius 3 is 2.75 bits per heavy atom. The number of ether oxygens (including phenoxy) is 1. The van der Waals surface area contributed by atoms with Gasteiger partial charge in [0.25, 0.3) is 0 Å². The first-order chi connectivity index (χ1) is 7.66. The van der Waals surface area contributed by atoms with Crippen LogP contribution < -0.4 is 10.5 Å². The summed E-state index contributed by atoms with van der Waals surface area (Å²) in [5.74, 6) is 1.31. The highest BCUT2D eigenvalue weighted by molar-refractivity contribution is 9.10. The molecule has 3 nitrogen and oxygen atoms in total. The summed E-state index contributed by atoms with van der Waals surface area (Å²) in [4.78, 5) is 4.15. The lowest BCUT2D eigenvalue weighted by Crippen LogP contribution is -1.94. The molecule has 0 saturated carbocycles.